The maximum Gasteiger partial charge on any atom is 0.407 e. The number of carbonyl (C=O) groups excluding carboxylic acids is 2. The zero-order valence-electron chi connectivity index (χ0n) is 19.0. The third-order valence-corrected chi connectivity index (χ3v) is 6.91. The molecule has 2 aromatic carbocycles. The fourth-order valence-corrected chi connectivity index (χ4v) is 4.80. The van der Waals surface area contributed by atoms with Gasteiger partial charge in [0.2, 0.25) is 5.91 Å². The smallest absolute Gasteiger partial charge is 0.407 e. The molecule has 0 aromatic heterocycles. The van der Waals surface area contributed by atoms with Gasteiger partial charge in [0, 0.05) is 31.5 Å². The van der Waals surface area contributed by atoms with Crippen molar-refractivity contribution in [2.24, 2.45) is 11.3 Å². The Kier molecular flexibility index (Phi) is 6.40. The highest BCUT2D eigenvalue weighted by atomic mass is 16.5. The van der Waals surface area contributed by atoms with Crippen LogP contribution in [0.1, 0.15) is 43.7 Å². The van der Waals surface area contributed by atoms with E-state index in [1.807, 2.05) is 24.3 Å². The first kappa shape index (κ1) is 22.8. The summed E-state index contributed by atoms with van der Waals surface area (Å²) >= 11 is 0. The van der Waals surface area contributed by atoms with Gasteiger partial charge in [0.05, 0.1) is 5.41 Å². The number of carbonyl (C=O) groups is 3. The van der Waals surface area contributed by atoms with Crippen LogP contribution in [-0.2, 0) is 14.3 Å². The lowest BCUT2D eigenvalue weighted by Crippen LogP contribution is -2.38. The maximum absolute atomic E-state index is 12.7. The Balaban J connectivity index is 1.25. The molecule has 2 aromatic rings. The summed E-state index contributed by atoms with van der Waals surface area (Å²) in [4.78, 5) is 38.0. The van der Waals surface area contributed by atoms with Crippen molar-refractivity contribution in [3.05, 3.63) is 59.7 Å². The number of carboxylic acids is 1. The van der Waals surface area contributed by atoms with E-state index in [9.17, 15) is 19.5 Å². The summed E-state index contributed by atoms with van der Waals surface area (Å²) in [5.41, 5.74) is 3.79. The van der Waals surface area contributed by atoms with Crippen LogP contribution in [0.2, 0.25) is 0 Å². The van der Waals surface area contributed by atoms with Gasteiger partial charge in [0.25, 0.3) is 0 Å². The molecule has 174 valence electrons. The van der Waals surface area contributed by atoms with Crippen LogP contribution in [0, 0.1) is 11.3 Å². The van der Waals surface area contributed by atoms with Crippen LogP contribution >= 0.6 is 0 Å². The summed E-state index contributed by atoms with van der Waals surface area (Å²) in [7, 11) is 0. The molecule has 1 aliphatic heterocycles. The van der Waals surface area contributed by atoms with Gasteiger partial charge in [-0.15, -0.1) is 0 Å². The molecule has 7 nitrogen and oxygen atoms in total. The minimum atomic E-state index is -0.880. The molecular weight excluding hydrogens is 420 g/mol. The van der Waals surface area contributed by atoms with Crippen molar-refractivity contribution in [3.8, 4) is 11.1 Å². The second-order valence-electron chi connectivity index (χ2n) is 9.32. The van der Waals surface area contributed by atoms with Crippen molar-refractivity contribution in [2.75, 3.05) is 26.2 Å². The van der Waals surface area contributed by atoms with Crippen LogP contribution in [0.25, 0.3) is 11.1 Å². The van der Waals surface area contributed by atoms with Gasteiger partial charge in [0.15, 0.2) is 0 Å². The van der Waals surface area contributed by atoms with Gasteiger partial charge in [-0.2, -0.15) is 0 Å². The van der Waals surface area contributed by atoms with Crippen molar-refractivity contribution in [1.82, 2.24) is 10.2 Å². The lowest BCUT2D eigenvalue weighted by Gasteiger charge is -2.23. The topological polar surface area (TPSA) is 95.9 Å². The number of benzene rings is 2. The van der Waals surface area contributed by atoms with Gasteiger partial charge in [0.1, 0.15) is 6.61 Å². The molecule has 0 spiro atoms. The number of likely N-dealkylation sites (tertiary alicyclic amines) is 1. The van der Waals surface area contributed by atoms with Crippen molar-refractivity contribution < 1.29 is 24.2 Å². The average molecular weight is 451 g/mol. The van der Waals surface area contributed by atoms with Crippen LogP contribution in [0.4, 0.5) is 4.79 Å². The van der Waals surface area contributed by atoms with E-state index >= 15 is 0 Å². The van der Waals surface area contributed by atoms with Gasteiger partial charge in [-0.05, 0) is 42.0 Å². The molecule has 0 saturated carbocycles. The standard InChI is InChI=1S/C26H30N2O5/c1-17(23(29)28-14-12-26(2,16-28)24(30)31)11-13-27-25(32)33-15-22-20-9-5-3-7-18(20)19-8-4-6-10-21(19)22/h3-10,17,22H,11-16H2,1-2H3,(H,27,32)(H,30,31). The highest BCUT2D eigenvalue weighted by molar-refractivity contribution is 5.82. The van der Waals surface area contributed by atoms with Gasteiger partial charge in [-0.3, -0.25) is 9.59 Å². The van der Waals surface area contributed by atoms with E-state index in [4.69, 9.17) is 4.74 Å². The fourth-order valence-electron chi connectivity index (χ4n) is 4.80. The molecule has 33 heavy (non-hydrogen) atoms. The molecule has 1 saturated heterocycles. The summed E-state index contributed by atoms with van der Waals surface area (Å²) < 4.78 is 5.52. The second-order valence-corrected chi connectivity index (χ2v) is 9.32. The van der Waals surface area contributed by atoms with Crippen LogP contribution < -0.4 is 5.32 Å². The van der Waals surface area contributed by atoms with E-state index in [0.29, 0.717) is 25.9 Å². The SMILES string of the molecule is CC(CCNC(=O)OCC1c2ccccc2-c2ccccc21)C(=O)N1CCC(C)(C(=O)O)C1. The van der Waals surface area contributed by atoms with E-state index in [0.717, 1.165) is 11.1 Å². The number of alkyl carbamates (subject to hydrolysis) is 1. The number of fused-ring (bicyclic) bond motifs is 3. The number of hydrogen-bond acceptors (Lipinski definition) is 4. The Bertz CT molecular complexity index is 1020. The highest BCUT2D eigenvalue weighted by Crippen LogP contribution is 2.44. The minimum Gasteiger partial charge on any atom is -0.481 e. The summed E-state index contributed by atoms with van der Waals surface area (Å²) in [5, 5.41) is 12.1. The highest BCUT2D eigenvalue weighted by Gasteiger charge is 2.42. The Hall–Kier alpha value is -3.35. The Morgan fingerprint density at radius 2 is 1.73 bits per heavy atom. The summed E-state index contributed by atoms with van der Waals surface area (Å²) in [6.07, 6.45) is 0.415. The summed E-state index contributed by atoms with van der Waals surface area (Å²) in [5.74, 6) is -1.26. The Morgan fingerprint density at radius 3 is 2.30 bits per heavy atom. The van der Waals surface area contributed by atoms with E-state index in [-0.39, 0.29) is 30.9 Å². The maximum atomic E-state index is 12.7. The molecule has 2 atom stereocenters. The van der Waals surface area contributed by atoms with Crippen molar-refractivity contribution >= 4 is 18.0 Å². The fraction of sp³-hybridized carbons (Fsp3) is 0.423. The van der Waals surface area contributed by atoms with Crippen LogP contribution in [0.15, 0.2) is 48.5 Å². The number of hydrogen-bond donors (Lipinski definition) is 2. The molecule has 2 unspecified atom stereocenters. The number of ether oxygens (including phenoxy) is 1. The lowest BCUT2D eigenvalue weighted by atomic mass is 9.90. The Labute approximate surface area is 193 Å². The molecule has 1 heterocycles. The molecule has 0 bridgehead atoms. The van der Waals surface area contributed by atoms with E-state index < -0.39 is 17.5 Å². The van der Waals surface area contributed by atoms with Crippen LogP contribution in [0.5, 0.6) is 0 Å². The summed E-state index contributed by atoms with van der Waals surface area (Å²) in [6.45, 7) is 4.71. The molecule has 1 aliphatic carbocycles. The molecule has 2 aliphatic rings. The first-order chi connectivity index (χ1) is 15.8. The molecule has 4 rings (SSSR count). The monoisotopic (exact) mass is 450 g/mol. The second kappa shape index (κ2) is 9.25. The normalized spacial score (nSPS) is 20.1. The molecule has 7 heteroatoms. The molecule has 0 radical (unpaired) electrons. The summed E-state index contributed by atoms with van der Waals surface area (Å²) in [6, 6.07) is 16.3. The van der Waals surface area contributed by atoms with E-state index in [1.165, 1.54) is 11.1 Å². The lowest BCUT2D eigenvalue weighted by molar-refractivity contribution is -0.147. The number of carboxylic acid groups (broad SMARTS) is 1. The minimum absolute atomic E-state index is 0.00219. The molecule has 1 fully saturated rings. The van der Waals surface area contributed by atoms with E-state index in [2.05, 4.69) is 29.6 Å². The first-order valence-electron chi connectivity index (χ1n) is 11.4. The number of nitrogens with one attached hydrogen (secondary N) is 1. The van der Waals surface area contributed by atoms with Crippen molar-refractivity contribution in [3.63, 3.8) is 0 Å². The quantitative estimate of drug-likeness (QED) is 0.668. The first-order valence-corrected chi connectivity index (χ1v) is 11.4. The molecule has 2 amide bonds. The predicted octanol–water partition coefficient (Wildman–Crippen LogP) is 3.87. The van der Waals surface area contributed by atoms with Crippen LogP contribution in [0.3, 0.4) is 0 Å². The number of aliphatic carboxylic acids is 1. The number of nitrogens with zero attached hydrogens (tertiary/aromatic N) is 1. The Morgan fingerprint density at radius 1 is 1.12 bits per heavy atom. The number of rotatable bonds is 7. The third-order valence-electron chi connectivity index (χ3n) is 6.91. The molecule has 2 N–H and O–H groups in total. The van der Waals surface area contributed by atoms with Gasteiger partial charge in [-0.1, -0.05) is 55.5 Å². The predicted molar refractivity (Wildman–Crippen MR) is 124 cm³/mol. The van der Waals surface area contributed by atoms with Gasteiger partial charge >= 0.3 is 12.1 Å². The van der Waals surface area contributed by atoms with E-state index in [1.54, 1.807) is 18.7 Å². The largest absolute Gasteiger partial charge is 0.481 e. The van der Waals surface area contributed by atoms with Gasteiger partial charge < -0.3 is 20.1 Å². The van der Waals surface area contributed by atoms with Crippen LogP contribution in [-0.4, -0.2) is 54.2 Å². The van der Waals surface area contributed by atoms with Gasteiger partial charge in [-0.25, -0.2) is 4.79 Å². The van der Waals surface area contributed by atoms with Crippen molar-refractivity contribution in [1.29, 1.82) is 0 Å². The van der Waals surface area contributed by atoms with Crippen molar-refractivity contribution in [2.45, 2.75) is 32.6 Å². The zero-order chi connectivity index (χ0) is 23.6. The zero-order valence-corrected chi connectivity index (χ0v) is 19.0. The third kappa shape index (κ3) is 4.58. The average Bonchev–Trinajstić information content (AvgIpc) is 3.36. The molecular formula is C26H30N2O5. The number of amides is 2.